The van der Waals surface area contributed by atoms with Crippen molar-refractivity contribution >= 4 is 67.0 Å². The van der Waals surface area contributed by atoms with Crippen molar-refractivity contribution < 1.29 is 23.9 Å². The molecule has 1 aliphatic heterocycles. The van der Waals surface area contributed by atoms with E-state index < -0.39 is 30.3 Å². The normalized spacial score (nSPS) is 33.9. The molecule has 1 heterocycles. The summed E-state index contributed by atoms with van der Waals surface area (Å²) in [7, 11) is 0. The lowest BCUT2D eigenvalue weighted by Gasteiger charge is -2.26. The molecule has 9 heteroatoms. The SMILES string of the molecule is O=C(COC(=O)[C@@H]1[C@H]2C[C@H]3[C@H](OC(=O)[C@@H]31)[C@@H]2Br)Nc1ccc(Br)cc1Cl. The van der Waals surface area contributed by atoms with E-state index >= 15 is 0 Å². The summed E-state index contributed by atoms with van der Waals surface area (Å²) in [5.74, 6) is -2.30. The molecular weight excluding hydrogens is 493 g/mol. The summed E-state index contributed by atoms with van der Waals surface area (Å²) in [6, 6.07) is 5.03. The van der Waals surface area contributed by atoms with E-state index in [-0.39, 0.29) is 28.7 Å². The quantitative estimate of drug-likeness (QED) is 0.500. The third-order valence-corrected chi connectivity index (χ3v) is 7.35. The number of rotatable bonds is 4. The number of anilines is 1. The number of carbonyl (C=O) groups is 3. The van der Waals surface area contributed by atoms with Gasteiger partial charge in [-0.3, -0.25) is 14.4 Å². The summed E-state index contributed by atoms with van der Waals surface area (Å²) in [5.41, 5.74) is 0.429. The van der Waals surface area contributed by atoms with Gasteiger partial charge in [0.2, 0.25) is 0 Å². The number of hydrogen-bond acceptors (Lipinski definition) is 5. The molecule has 2 aliphatic carbocycles. The van der Waals surface area contributed by atoms with Crippen LogP contribution < -0.4 is 5.32 Å². The monoisotopic (exact) mass is 505 g/mol. The Labute approximate surface area is 171 Å². The molecule has 1 saturated heterocycles. The zero-order chi connectivity index (χ0) is 18.6. The van der Waals surface area contributed by atoms with Crippen LogP contribution in [-0.4, -0.2) is 35.4 Å². The Morgan fingerprint density at radius 3 is 2.85 bits per heavy atom. The van der Waals surface area contributed by atoms with E-state index in [2.05, 4.69) is 37.2 Å². The fraction of sp³-hybridized carbons (Fsp3) is 0.471. The van der Waals surface area contributed by atoms with Crippen molar-refractivity contribution in [2.75, 3.05) is 11.9 Å². The first kappa shape index (κ1) is 18.3. The van der Waals surface area contributed by atoms with Gasteiger partial charge in [-0.15, -0.1) is 0 Å². The highest BCUT2D eigenvalue weighted by Crippen LogP contribution is 2.60. The first-order valence-corrected chi connectivity index (χ1v) is 10.2. The molecule has 1 aromatic carbocycles. The standard InChI is InChI=1S/C17H14Br2ClNO5/c18-6-1-2-10(9(20)3-6)21-11(22)5-25-16(23)12-7-4-8-13(12)17(24)26-15(8)14(7)19/h1-3,7-8,12-15H,4-5H2,(H,21,22)/t7-,8-,12-,13+,14-,15+/m1/s1. The lowest BCUT2D eigenvalue weighted by molar-refractivity contribution is -0.157. The second-order valence-corrected chi connectivity index (χ2v) is 9.12. The van der Waals surface area contributed by atoms with E-state index in [1.165, 1.54) is 0 Å². The Morgan fingerprint density at radius 2 is 2.12 bits per heavy atom. The molecule has 3 fully saturated rings. The Hall–Kier alpha value is -1.12. The third-order valence-electron chi connectivity index (χ3n) is 5.35. The maximum absolute atomic E-state index is 12.5. The molecule has 0 radical (unpaired) electrons. The molecule has 3 aliphatic rings. The fourth-order valence-electron chi connectivity index (χ4n) is 4.30. The van der Waals surface area contributed by atoms with Gasteiger partial charge >= 0.3 is 11.9 Å². The van der Waals surface area contributed by atoms with Gasteiger partial charge in [0.05, 0.1) is 27.4 Å². The van der Waals surface area contributed by atoms with Crippen LogP contribution in [0.4, 0.5) is 5.69 Å². The third kappa shape index (κ3) is 2.96. The summed E-state index contributed by atoms with van der Waals surface area (Å²) >= 11 is 12.9. The summed E-state index contributed by atoms with van der Waals surface area (Å²) in [5, 5.41) is 2.97. The van der Waals surface area contributed by atoms with Crippen LogP contribution in [0.5, 0.6) is 0 Å². The van der Waals surface area contributed by atoms with E-state index in [0.29, 0.717) is 10.7 Å². The Kier molecular flexibility index (Phi) is 4.77. The van der Waals surface area contributed by atoms with Crippen LogP contribution in [-0.2, 0) is 23.9 Å². The number of nitrogens with one attached hydrogen (secondary N) is 1. The summed E-state index contributed by atoms with van der Waals surface area (Å²) in [6.45, 7) is -0.433. The van der Waals surface area contributed by atoms with E-state index in [0.717, 1.165) is 10.9 Å². The van der Waals surface area contributed by atoms with E-state index in [1.807, 2.05) is 0 Å². The minimum Gasteiger partial charge on any atom is -0.461 e. The number of carbonyl (C=O) groups excluding carboxylic acids is 3. The minimum absolute atomic E-state index is 0.00192. The van der Waals surface area contributed by atoms with Crippen molar-refractivity contribution in [3.05, 3.63) is 27.7 Å². The van der Waals surface area contributed by atoms with Crippen LogP contribution in [0.15, 0.2) is 22.7 Å². The molecule has 2 saturated carbocycles. The van der Waals surface area contributed by atoms with Gasteiger partial charge in [0.25, 0.3) is 5.91 Å². The van der Waals surface area contributed by atoms with E-state index in [9.17, 15) is 14.4 Å². The molecule has 1 amide bonds. The van der Waals surface area contributed by atoms with Crippen molar-refractivity contribution in [3.63, 3.8) is 0 Å². The maximum Gasteiger partial charge on any atom is 0.310 e. The number of amides is 1. The average molecular weight is 508 g/mol. The number of halogens is 3. The zero-order valence-corrected chi connectivity index (χ0v) is 17.2. The van der Waals surface area contributed by atoms with Crippen LogP contribution in [0.3, 0.4) is 0 Å². The van der Waals surface area contributed by atoms with Gasteiger partial charge in [0.1, 0.15) is 6.10 Å². The zero-order valence-electron chi connectivity index (χ0n) is 13.3. The maximum atomic E-state index is 12.5. The molecule has 1 N–H and O–H groups in total. The Morgan fingerprint density at radius 1 is 1.35 bits per heavy atom. The molecule has 0 unspecified atom stereocenters. The first-order valence-electron chi connectivity index (χ1n) is 8.13. The van der Waals surface area contributed by atoms with E-state index in [4.69, 9.17) is 21.1 Å². The fourth-order valence-corrected chi connectivity index (χ4v) is 6.07. The highest BCUT2D eigenvalue weighted by atomic mass is 79.9. The van der Waals surface area contributed by atoms with Crippen molar-refractivity contribution in [1.29, 1.82) is 0 Å². The smallest absolute Gasteiger partial charge is 0.310 e. The molecule has 138 valence electrons. The number of benzene rings is 1. The van der Waals surface area contributed by atoms with Crippen molar-refractivity contribution in [1.82, 2.24) is 0 Å². The first-order chi connectivity index (χ1) is 12.4. The van der Waals surface area contributed by atoms with Gasteiger partial charge in [-0.25, -0.2) is 0 Å². The highest BCUT2D eigenvalue weighted by Gasteiger charge is 2.68. The van der Waals surface area contributed by atoms with Crippen molar-refractivity contribution in [2.45, 2.75) is 17.4 Å². The number of ether oxygens (including phenoxy) is 2. The van der Waals surface area contributed by atoms with Gasteiger partial charge in [0, 0.05) is 10.4 Å². The van der Waals surface area contributed by atoms with Gasteiger partial charge in [-0.1, -0.05) is 43.5 Å². The predicted molar refractivity (Wildman–Crippen MR) is 99.9 cm³/mol. The largest absolute Gasteiger partial charge is 0.461 e. The van der Waals surface area contributed by atoms with Crippen molar-refractivity contribution in [3.8, 4) is 0 Å². The number of hydrogen-bond donors (Lipinski definition) is 1. The topological polar surface area (TPSA) is 81.7 Å². The molecule has 4 rings (SSSR count). The summed E-state index contributed by atoms with van der Waals surface area (Å²) in [6.07, 6.45) is 0.613. The summed E-state index contributed by atoms with van der Waals surface area (Å²) < 4.78 is 11.3. The molecule has 1 aromatic rings. The number of esters is 2. The molecule has 26 heavy (non-hydrogen) atoms. The second-order valence-electron chi connectivity index (χ2n) is 6.74. The minimum atomic E-state index is -0.556. The highest BCUT2D eigenvalue weighted by molar-refractivity contribution is 9.10. The van der Waals surface area contributed by atoms with Crippen LogP contribution >= 0.6 is 43.5 Å². The molecule has 0 aromatic heterocycles. The van der Waals surface area contributed by atoms with Crippen LogP contribution in [0.25, 0.3) is 0 Å². The van der Waals surface area contributed by atoms with Gasteiger partial charge < -0.3 is 14.8 Å². The molecule has 0 spiro atoms. The van der Waals surface area contributed by atoms with Crippen LogP contribution in [0.1, 0.15) is 6.42 Å². The van der Waals surface area contributed by atoms with Crippen LogP contribution in [0, 0.1) is 23.7 Å². The molecule has 2 bridgehead atoms. The van der Waals surface area contributed by atoms with Crippen molar-refractivity contribution in [2.24, 2.45) is 23.7 Å². The van der Waals surface area contributed by atoms with Gasteiger partial charge in [-0.05, 0) is 30.5 Å². The number of fused-ring (bicyclic) bond motifs is 1. The lowest BCUT2D eigenvalue weighted by atomic mass is 9.80. The number of alkyl halides is 1. The predicted octanol–water partition coefficient (Wildman–Crippen LogP) is 3.16. The summed E-state index contributed by atoms with van der Waals surface area (Å²) in [4.78, 5) is 36.6. The Bertz CT molecular complexity index is 803. The Balaban J connectivity index is 1.37. The van der Waals surface area contributed by atoms with Gasteiger partial charge in [0.15, 0.2) is 6.61 Å². The average Bonchev–Trinajstić information content (AvgIpc) is 3.19. The van der Waals surface area contributed by atoms with Gasteiger partial charge in [-0.2, -0.15) is 0 Å². The second kappa shape index (κ2) is 6.80. The molecule has 6 nitrogen and oxygen atoms in total. The molecular formula is C17H14Br2ClNO5. The van der Waals surface area contributed by atoms with Crippen LogP contribution in [0.2, 0.25) is 5.02 Å². The van der Waals surface area contributed by atoms with E-state index in [1.54, 1.807) is 18.2 Å². The lowest BCUT2D eigenvalue weighted by Crippen LogP contribution is -2.39. The molecule has 6 atom stereocenters.